The quantitative estimate of drug-likeness (QED) is 0.135. The minimum absolute atomic E-state index is 0.123. The molecule has 0 aliphatic rings. The maximum atomic E-state index is 11.6. The molecular formula is C25H50O6. The molecule has 0 aromatic heterocycles. The highest BCUT2D eigenvalue weighted by Gasteiger charge is 2.05. The van der Waals surface area contributed by atoms with Gasteiger partial charge in [-0.15, -0.1) is 0 Å². The fraction of sp³-hybridized carbons (Fsp3) is 0.960. The van der Waals surface area contributed by atoms with Gasteiger partial charge in [0.25, 0.3) is 0 Å². The minimum Gasteiger partial charge on any atom is -0.466 e. The fourth-order valence-electron chi connectivity index (χ4n) is 3.09. The number of esters is 1. The molecule has 0 rings (SSSR count). The lowest BCUT2D eigenvalue weighted by Gasteiger charge is -2.14. The van der Waals surface area contributed by atoms with Crippen LogP contribution >= 0.6 is 0 Å². The molecule has 1 atom stereocenters. The highest BCUT2D eigenvalue weighted by molar-refractivity contribution is 5.69. The molecule has 0 heterocycles. The Kier molecular flexibility index (Phi) is 25.0. The van der Waals surface area contributed by atoms with Gasteiger partial charge in [0, 0.05) is 19.6 Å². The van der Waals surface area contributed by atoms with Gasteiger partial charge in [-0.25, -0.2) is 0 Å². The molecule has 0 aliphatic heterocycles. The van der Waals surface area contributed by atoms with Gasteiger partial charge in [0.1, 0.15) is 0 Å². The lowest BCUT2D eigenvalue weighted by Crippen LogP contribution is -2.14. The SMILES string of the molecule is CCCCCCCOC(=O)CCCOCCOCCOCCOCC(CC)CCCC. The summed E-state index contributed by atoms with van der Waals surface area (Å²) in [6.07, 6.45) is 11.9. The van der Waals surface area contributed by atoms with Crippen molar-refractivity contribution < 1.29 is 28.5 Å². The summed E-state index contributed by atoms with van der Waals surface area (Å²) in [5.41, 5.74) is 0. The van der Waals surface area contributed by atoms with E-state index >= 15 is 0 Å². The van der Waals surface area contributed by atoms with Gasteiger partial charge in [-0.3, -0.25) is 4.79 Å². The molecule has 0 radical (unpaired) electrons. The normalized spacial score (nSPS) is 12.2. The van der Waals surface area contributed by atoms with Crippen LogP contribution in [0.4, 0.5) is 0 Å². The maximum Gasteiger partial charge on any atom is 0.305 e. The average molecular weight is 447 g/mol. The third-order valence-electron chi connectivity index (χ3n) is 5.19. The second-order valence-corrected chi connectivity index (χ2v) is 8.07. The first-order chi connectivity index (χ1) is 15.2. The van der Waals surface area contributed by atoms with Crippen molar-refractivity contribution in [3.8, 4) is 0 Å². The lowest BCUT2D eigenvalue weighted by atomic mass is 10.0. The molecule has 0 fully saturated rings. The Morgan fingerprint density at radius 1 is 0.613 bits per heavy atom. The van der Waals surface area contributed by atoms with Gasteiger partial charge in [-0.2, -0.15) is 0 Å². The summed E-state index contributed by atoms with van der Waals surface area (Å²) < 4.78 is 27.4. The van der Waals surface area contributed by atoms with Gasteiger partial charge in [0.15, 0.2) is 0 Å². The second-order valence-electron chi connectivity index (χ2n) is 8.07. The number of carbonyl (C=O) groups is 1. The zero-order chi connectivity index (χ0) is 22.8. The molecule has 186 valence electrons. The molecule has 31 heavy (non-hydrogen) atoms. The van der Waals surface area contributed by atoms with Crippen molar-refractivity contribution in [3.63, 3.8) is 0 Å². The van der Waals surface area contributed by atoms with Gasteiger partial charge in [0.2, 0.25) is 0 Å². The van der Waals surface area contributed by atoms with E-state index in [0.29, 0.717) is 71.6 Å². The molecule has 0 bridgehead atoms. The van der Waals surface area contributed by atoms with E-state index in [1.54, 1.807) is 0 Å². The van der Waals surface area contributed by atoms with Crippen molar-refractivity contribution >= 4 is 5.97 Å². The average Bonchev–Trinajstić information content (AvgIpc) is 2.78. The summed E-state index contributed by atoms with van der Waals surface area (Å²) in [6.45, 7) is 12.0. The van der Waals surface area contributed by atoms with Crippen molar-refractivity contribution in [3.05, 3.63) is 0 Å². The second kappa shape index (κ2) is 25.6. The van der Waals surface area contributed by atoms with Crippen molar-refractivity contribution in [2.45, 2.75) is 91.4 Å². The topological polar surface area (TPSA) is 63.2 Å². The van der Waals surface area contributed by atoms with Crippen LogP contribution in [0.25, 0.3) is 0 Å². The van der Waals surface area contributed by atoms with Crippen LogP contribution in [0.3, 0.4) is 0 Å². The largest absolute Gasteiger partial charge is 0.466 e. The third kappa shape index (κ3) is 23.8. The number of unbranched alkanes of at least 4 members (excludes halogenated alkanes) is 5. The van der Waals surface area contributed by atoms with Crippen molar-refractivity contribution in [2.24, 2.45) is 5.92 Å². The molecule has 6 nitrogen and oxygen atoms in total. The predicted octanol–water partition coefficient (Wildman–Crippen LogP) is 5.56. The van der Waals surface area contributed by atoms with Crippen molar-refractivity contribution in [2.75, 3.05) is 59.5 Å². The number of hydrogen-bond donors (Lipinski definition) is 0. The molecule has 0 N–H and O–H groups in total. The molecule has 0 amide bonds. The minimum atomic E-state index is -0.123. The Labute approximate surface area is 191 Å². The van der Waals surface area contributed by atoms with E-state index in [2.05, 4.69) is 20.8 Å². The summed E-state index contributed by atoms with van der Waals surface area (Å²) in [6, 6.07) is 0. The lowest BCUT2D eigenvalue weighted by molar-refractivity contribution is -0.144. The number of ether oxygens (including phenoxy) is 5. The molecule has 0 aromatic rings. The van der Waals surface area contributed by atoms with Crippen LogP contribution in [0, 0.1) is 5.92 Å². The monoisotopic (exact) mass is 446 g/mol. The van der Waals surface area contributed by atoms with E-state index < -0.39 is 0 Å². The third-order valence-corrected chi connectivity index (χ3v) is 5.19. The molecule has 1 unspecified atom stereocenters. The molecule has 0 saturated carbocycles. The van der Waals surface area contributed by atoms with Crippen LogP contribution in [0.5, 0.6) is 0 Å². The maximum absolute atomic E-state index is 11.6. The Morgan fingerprint density at radius 3 is 1.81 bits per heavy atom. The van der Waals surface area contributed by atoms with E-state index in [1.807, 2.05) is 0 Å². The number of carbonyl (C=O) groups excluding carboxylic acids is 1. The zero-order valence-corrected chi connectivity index (χ0v) is 20.7. The van der Waals surface area contributed by atoms with E-state index in [-0.39, 0.29) is 5.97 Å². The summed E-state index contributed by atoms with van der Waals surface area (Å²) in [7, 11) is 0. The van der Waals surface area contributed by atoms with Crippen LogP contribution in [0.1, 0.15) is 91.4 Å². The number of hydrogen-bond acceptors (Lipinski definition) is 6. The first kappa shape index (κ1) is 30.3. The van der Waals surface area contributed by atoms with Gasteiger partial charge < -0.3 is 23.7 Å². The van der Waals surface area contributed by atoms with Crippen LogP contribution < -0.4 is 0 Å². The highest BCUT2D eigenvalue weighted by atomic mass is 16.6. The Hall–Kier alpha value is -0.690. The number of rotatable bonds is 25. The van der Waals surface area contributed by atoms with Crippen LogP contribution in [-0.4, -0.2) is 65.4 Å². The first-order valence-corrected chi connectivity index (χ1v) is 12.7. The summed E-state index contributed by atoms with van der Waals surface area (Å²) in [4.78, 5) is 11.6. The van der Waals surface area contributed by atoms with E-state index in [9.17, 15) is 4.79 Å². The van der Waals surface area contributed by atoms with Gasteiger partial charge in [-0.1, -0.05) is 65.7 Å². The van der Waals surface area contributed by atoms with Gasteiger partial charge >= 0.3 is 5.97 Å². The smallest absolute Gasteiger partial charge is 0.305 e. The summed E-state index contributed by atoms with van der Waals surface area (Å²) >= 11 is 0. The molecular weight excluding hydrogens is 396 g/mol. The predicted molar refractivity (Wildman–Crippen MR) is 126 cm³/mol. The summed E-state index contributed by atoms with van der Waals surface area (Å²) in [5.74, 6) is 0.553. The van der Waals surface area contributed by atoms with Crippen LogP contribution in [-0.2, 0) is 28.5 Å². The van der Waals surface area contributed by atoms with Crippen molar-refractivity contribution in [1.82, 2.24) is 0 Å². The standard InChI is InChI=1S/C25H50O6/c1-4-7-9-10-11-16-31-25(26)14-12-15-27-17-18-28-19-20-29-21-22-30-23-24(6-3)13-8-5-2/h24H,4-23H2,1-3H3. The van der Waals surface area contributed by atoms with E-state index in [4.69, 9.17) is 23.7 Å². The zero-order valence-electron chi connectivity index (χ0n) is 20.7. The molecule has 0 saturated heterocycles. The van der Waals surface area contributed by atoms with Crippen molar-refractivity contribution in [1.29, 1.82) is 0 Å². The first-order valence-electron chi connectivity index (χ1n) is 12.7. The Morgan fingerprint density at radius 2 is 1.19 bits per heavy atom. The fourth-order valence-corrected chi connectivity index (χ4v) is 3.09. The molecule has 6 heteroatoms. The Bertz CT molecular complexity index is 364. The summed E-state index contributed by atoms with van der Waals surface area (Å²) in [5, 5.41) is 0. The Balaban J connectivity index is 3.22. The molecule has 0 aliphatic carbocycles. The molecule has 0 aromatic carbocycles. The van der Waals surface area contributed by atoms with Gasteiger partial charge in [0.05, 0.1) is 46.2 Å². The van der Waals surface area contributed by atoms with E-state index in [1.165, 1.54) is 44.9 Å². The highest BCUT2D eigenvalue weighted by Crippen LogP contribution is 2.12. The molecule has 0 spiro atoms. The van der Waals surface area contributed by atoms with Gasteiger partial charge in [-0.05, 0) is 25.2 Å². The van der Waals surface area contributed by atoms with E-state index in [0.717, 1.165) is 19.4 Å². The van der Waals surface area contributed by atoms with Crippen LogP contribution in [0.15, 0.2) is 0 Å². The van der Waals surface area contributed by atoms with Crippen LogP contribution in [0.2, 0.25) is 0 Å².